The molecule has 0 fully saturated rings. The van der Waals surface area contributed by atoms with Crippen molar-refractivity contribution < 1.29 is 14.8 Å². The molecule has 2 aromatic rings. The Bertz CT molecular complexity index is 572. The van der Waals surface area contributed by atoms with Gasteiger partial charge in [-0.3, -0.25) is 15.1 Å². The first-order valence-corrected chi connectivity index (χ1v) is 5.17. The van der Waals surface area contributed by atoms with Crippen LogP contribution >= 0.6 is 0 Å². The molecular formula is C12H10N2O4. The van der Waals surface area contributed by atoms with E-state index in [1.54, 1.807) is 24.3 Å². The number of aliphatic hydroxyl groups excluding tert-OH is 1. The van der Waals surface area contributed by atoms with Gasteiger partial charge in [-0.05, 0) is 6.07 Å². The minimum atomic E-state index is -0.566. The van der Waals surface area contributed by atoms with Crippen molar-refractivity contribution in [2.45, 2.75) is 6.61 Å². The summed E-state index contributed by atoms with van der Waals surface area (Å²) in [6.45, 7) is -0.199. The Labute approximate surface area is 103 Å². The summed E-state index contributed by atoms with van der Waals surface area (Å²) in [5, 5.41) is 20.0. The molecule has 1 aromatic carbocycles. The van der Waals surface area contributed by atoms with Crippen LogP contribution in [0.3, 0.4) is 0 Å². The summed E-state index contributed by atoms with van der Waals surface area (Å²) < 4.78 is 5.45. The summed E-state index contributed by atoms with van der Waals surface area (Å²) in [5.74, 6) is 0.477. The molecule has 0 aliphatic rings. The molecule has 6 heteroatoms. The number of aliphatic hydroxyl groups is 1. The zero-order chi connectivity index (χ0) is 13.0. The summed E-state index contributed by atoms with van der Waals surface area (Å²) >= 11 is 0. The number of nitro groups is 1. The molecule has 1 N–H and O–H groups in total. The van der Waals surface area contributed by atoms with Gasteiger partial charge >= 0.3 is 5.69 Å². The lowest BCUT2D eigenvalue weighted by molar-refractivity contribution is -0.386. The fourth-order valence-electron chi connectivity index (χ4n) is 1.45. The minimum absolute atomic E-state index is 0.0934. The fraction of sp³-hybridized carbons (Fsp3) is 0.0833. The third-order valence-electron chi connectivity index (χ3n) is 2.32. The Hall–Kier alpha value is -2.47. The van der Waals surface area contributed by atoms with Crippen LogP contribution in [0.2, 0.25) is 0 Å². The van der Waals surface area contributed by atoms with E-state index in [0.717, 1.165) is 6.20 Å². The molecular weight excluding hydrogens is 236 g/mol. The molecule has 18 heavy (non-hydrogen) atoms. The second-order valence-electron chi connectivity index (χ2n) is 3.47. The molecule has 0 saturated heterocycles. The third-order valence-corrected chi connectivity index (χ3v) is 2.32. The lowest BCUT2D eigenvalue weighted by Crippen LogP contribution is -1.96. The molecule has 2 rings (SSSR count). The average Bonchev–Trinajstić information content (AvgIpc) is 2.40. The first kappa shape index (κ1) is 12.0. The molecule has 0 aliphatic carbocycles. The smallest absolute Gasteiger partial charge is 0.329 e. The second kappa shape index (κ2) is 5.24. The van der Waals surface area contributed by atoms with Crippen LogP contribution in [0.25, 0.3) is 0 Å². The van der Waals surface area contributed by atoms with Gasteiger partial charge in [0.25, 0.3) is 0 Å². The van der Waals surface area contributed by atoms with Crippen molar-refractivity contribution in [1.29, 1.82) is 0 Å². The van der Waals surface area contributed by atoms with Crippen molar-refractivity contribution in [2.75, 3.05) is 0 Å². The van der Waals surface area contributed by atoms with Crippen LogP contribution in [0.5, 0.6) is 11.5 Å². The number of hydrogen-bond acceptors (Lipinski definition) is 5. The largest absolute Gasteiger partial charge is 0.450 e. The first-order chi connectivity index (χ1) is 8.72. The van der Waals surface area contributed by atoms with Crippen molar-refractivity contribution in [3.63, 3.8) is 0 Å². The molecule has 0 saturated carbocycles. The highest BCUT2D eigenvalue weighted by molar-refractivity contribution is 5.47. The van der Waals surface area contributed by atoms with Gasteiger partial charge in [-0.15, -0.1) is 0 Å². The van der Waals surface area contributed by atoms with Crippen LogP contribution in [0.15, 0.2) is 42.7 Å². The van der Waals surface area contributed by atoms with Crippen LogP contribution in [-0.4, -0.2) is 15.0 Å². The summed E-state index contributed by atoms with van der Waals surface area (Å²) in [6.07, 6.45) is 2.53. The van der Waals surface area contributed by atoms with Crippen molar-refractivity contribution in [2.24, 2.45) is 0 Å². The number of hydrogen-bond donors (Lipinski definition) is 1. The van der Waals surface area contributed by atoms with E-state index in [1.807, 2.05) is 0 Å². The van der Waals surface area contributed by atoms with Gasteiger partial charge in [0.15, 0.2) is 0 Å². The Balaban J connectivity index is 2.37. The summed E-state index contributed by atoms with van der Waals surface area (Å²) in [7, 11) is 0. The number of nitrogens with zero attached hydrogens (tertiary/aromatic N) is 2. The zero-order valence-electron chi connectivity index (χ0n) is 9.31. The van der Waals surface area contributed by atoms with E-state index in [9.17, 15) is 10.1 Å². The quantitative estimate of drug-likeness (QED) is 0.660. The topological polar surface area (TPSA) is 85.5 Å². The van der Waals surface area contributed by atoms with E-state index in [1.165, 1.54) is 12.3 Å². The number of ether oxygens (including phenoxy) is 1. The van der Waals surface area contributed by atoms with Gasteiger partial charge in [0.1, 0.15) is 11.9 Å². The highest BCUT2D eigenvalue weighted by Gasteiger charge is 2.16. The van der Waals surface area contributed by atoms with E-state index < -0.39 is 4.92 Å². The van der Waals surface area contributed by atoms with Crippen LogP contribution < -0.4 is 4.74 Å². The van der Waals surface area contributed by atoms with Crippen molar-refractivity contribution in [1.82, 2.24) is 4.98 Å². The number of pyridine rings is 1. The molecule has 0 amide bonds. The third kappa shape index (κ3) is 2.44. The van der Waals surface area contributed by atoms with Crippen LogP contribution in [0, 0.1) is 10.1 Å². The number of para-hydroxylation sites is 1. The fourth-order valence-corrected chi connectivity index (χ4v) is 1.45. The van der Waals surface area contributed by atoms with Crippen LogP contribution in [0.4, 0.5) is 5.69 Å². The summed E-state index contributed by atoms with van der Waals surface area (Å²) in [6, 6.07) is 8.20. The maximum atomic E-state index is 10.8. The lowest BCUT2D eigenvalue weighted by Gasteiger charge is -2.09. The average molecular weight is 246 g/mol. The van der Waals surface area contributed by atoms with Crippen LogP contribution in [0.1, 0.15) is 5.56 Å². The minimum Gasteiger partial charge on any atom is -0.450 e. The van der Waals surface area contributed by atoms with Crippen molar-refractivity contribution >= 4 is 5.69 Å². The number of benzene rings is 1. The van der Waals surface area contributed by atoms with E-state index in [2.05, 4.69) is 4.98 Å². The highest BCUT2D eigenvalue weighted by atomic mass is 16.6. The van der Waals surface area contributed by atoms with Gasteiger partial charge in [-0.25, -0.2) is 0 Å². The Morgan fingerprint density at radius 2 is 2.06 bits per heavy atom. The molecule has 1 heterocycles. The zero-order valence-corrected chi connectivity index (χ0v) is 9.31. The molecule has 0 atom stereocenters. The first-order valence-electron chi connectivity index (χ1n) is 5.17. The monoisotopic (exact) mass is 246 g/mol. The van der Waals surface area contributed by atoms with Crippen molar-refractivity contribution in [3.05, 3.63) is 58.4 Å². The maximum Gasteiger partial charge on any atom is 0.329 e. The standard InChI is InChI=1S/C12H10N2O4/c15-8-9-3-1-2-4-11(9)18-12-5-6-13-7-10(12)14(16)17/h1-7,15H,8H2. The SMILES string of the molecule is O=[N+]([O-])c1cnccc1Oc1ccccc1CO. The highest BCUT2D eigenvalue weighted by Crippen LogP contribution is 2.31. The van der Waals surface area contributed by atoms with Gasteiger partial charge < -0.3 is 9.84 Å². The van der Waals surface area contributed by atoms with E-state index in [4.69, 9.17) is 9.84 Å². The lowest BCUT2D eigenvalue weighted by atomic mass is 10.2. The van der Waals surface area contributed by atoms with E-state index >= 15 is 0 Å². The molecule has 0 unspecified atom stereocenters. The maximum absolute atomic E-state index is 10.8. The Kier molecular flexibility index (Phi) is 3.49. The van der Waals surface area contributed by atoms with Gasteiger partial charge in [0.05, 0.1) is 11.5 Å². The van der Waals surface area contributed by atoms with Gasteiger partial charge in [0, 0.05) is 17.8 Å². The Morgan fingerprint density at radius 1 is 1.28 bits per heavy atom. The van der Waals surface area contributed by atoms with Crippen molar-refractivity contribution in [3.8, 4) is 11.5 Å². The second-order valence-corrected chi connectivity index (χ2v) is 3.47. The summed E-state index contributed by atoms with van der Waals surface area (Å²) in [5.41, 5.74) is 0.342. The normalized spacial score (nSPS) is 10.1. The van der Waals surface area contributed by atoms with Gasteiger partial charge in [0.2, 0.25) is 5.75 Å². The number of rotatable bonds is 4. The van der Waals surface area contributed by atoms with E-state index in [-0.39, 0.29) is 18.0 Å². The molecule has 6 nitrogen and oxygen atoms in total. The predicted octanol–water partition coefficient (Wildman–Crippen LogP) is 2.27. The Morgan fingerprint density at radius 3 is 2.78 bits per heavy atom. The van der Waals surface area contributed by atoms with Crippen LogP contribution in [-0.2, 0) is 6.61 Å². The van der Waals surface area contributed by atoms with E-state index in [0.29, 0.717) is 11.3 Å². The molecule has 92 valence electrons. The predicted molar refractivity (Wildman–Crippen MR) is 63.3 cm³/mol. The molecule has 0 aliphatic heterocycles. The molecule has 0 bridgehead atoms. The molecule has 0 radical (unpaired) electrons. The summed E-state index contributed by atoms with van der Waals surface area (Å²) in [4.78, 5) is 13.9. The van der Waals surface area contributed by atoms with Gasteiger partial charge in [-0.1, -0.05) is 18.2 Å². The molecule has 0 spiro atoms. The van der Waals surface area contributed by atoms with Gasteiger partial charge in [-0.2, -0.15) is 0 Å². The number of aromatic nitrogens is 1. The molecule has 1 aromatic heterocycles.